The Kier molecular flexibility index (Phi) is 5.76. The van der Waals surface area contributed by atoms with Crippen LogP contribution in [0.5, 0.6) is 5.75 Å². The molecule has 0 N–H and O–H groups in total. The summed E-state index contributed by atoms with van der Waals surface area (Å²) in [6, 6.07) is 27.0. The van der Waals surface area contributed by atoms with Crippen molar-refractivity contribution >= 4 is 11.6 Å². The van der Waals surface area contributed by atoms with Crippen LogP contribution >= 0.6 is 11.6 Å². The summed E-state index contributed by atoms with van der Waals surface area (Å²) < 4.78 is 6.40. The van der Waals surface area contributed by atoms with Gasteiger partial charge in [-0.3, -0.25) is 4.90 Å². The average molecular weight is 378 g/mol. The minimum absolute atomic E-state index is 0.0120. The molecule has 0 spiro atoms. The Bertz CT molecular complexity index is 880. The summed E-state index contributed by atoms with van der Waals surface area (Å²) in [7, 11) is 0. The molecule has 0 aromatic heterocycles. The van der Waals surface area contributed by atoms with Crippen LogP contribution in [0.1, 0.15) is 22.8 Å². The summed E-state index contributed by atoms with van der Waals surface area (Å²) in [6.45, 7) is 2.98. The zero-order chi connectivity index (χ0) is 18.5. The molecule has 0 bridgehead atoms. The Morgan fingerprint density at radius 2 is 1.74 bits per heavy atom. The van der Waals surface area contributed by atoms with E-state index in [1.165, 1.54) is 16.7 Å². The van der Waals surface area contributed by atoms with E-state index in [1.54, 1.807) is 0 Å². The molecule has 0 radical (unpaired) electrons. The smallest absolute Gasteiger partial charge is 0.137 e. The summed E-state index contributed by atoms with van der Waals surface area (Å²) in [5.41, 5.74) is 4.05. The lowest BCUT2D eigenvalue weighted by atomic mass is 10.0. The van der Waals surface area contributed by atoms with E-state index in [0.717, 1.165) is 38.2 Å². The largest absolute Gasteiger partial charge is 0.484 e. The van der Waals surface area contributed by atoms with Crippen LogP contribution in [0, 0.1) is 0 Å². The number of halogens is 1. The monoisotopic (exact) mass is 377 g/mol. The first-order valence-corrected chi connectivity index (χ1v) is 9.92. The van der Waals surface area contributed by atoms with Crippen LogP contribution in [0.15, 0.2) is 78.9 Å². The number of ether oxygens (including phenoxy) is 1. The fraction of sp³-hybridized carbons (Fsp3) is 0.250. The minimum atomic E-state index is 0.0120. The molecule has 1 heterocycles. The van der Waals surface area contributed by atoms with Gasteiger partial charge in [0.05, 0.1) is 0 Å². The molecule has 1 aliphatic rings. The summed E-state index contributed by atoms with van der Waals surface area (Å²) in [5, 5.41) is 0.704. The molecule has 1 unspecified atom stereocenters. The molecule has 3 aromatic rings. The molecule has 3 heteroatoms. The third-order valence-electron chi connectivity index (χ3n) is 5.16. The van der Waals surface area contributed by atoms with E-state index in [-0.39, 0.29) is 6.10 Å². The van der Waals surface area contributed by atoms with Gasteiger partial charge in [-0.15, -0.1) is 0 Å². The molecule has 0 amide bonds. The van der Waals surface area contributed by atoms with Crippen LogP contribution < -0.4 is 4.74 Å². The van der Waals surface area contributed by atoms with Crippen molar-refractivity contribution in [3.63, 3.8) is 0 Å². The standard InChI is InChI=1S/C24H24ClNO/c25-21-10-6-11-22(17-21)27-24-18-26(15-13-19-7-2-1-3-8-19)16-14-20-9-4-5-12-23(20)24/h1-12,17,24H,13-16,18H2. The first kappa shape index (κ1) is 18.1. The average Bonchev–Trinajstić information content (AvgIpc) is 2.87. The molecule has 138 valence electrons. The second-order valence-corrected chi connectivity index (χ2v) is 7.49. The summed E-state index contributed by atoms with van der Waals surface area (Å²) in [4.78, 5) is 2.52. The maximum absolute atomic E-state index is 6.40. The molecule has 4 rings (SSSR count). The predicted molar refractivity (Wildman–Crippen MR) is 112 cm³/mol. The van der Waals surface area contributed by atoms with Crippen LogP contribution in [0.25, 0.3) is 0 Å². The van der Waals surface area contributed by atoms with Crippen molar-refractivity contribution in [3.8, 4) is 5.75 Å². The van der Waals surface area contributed by atoms with E-state index >= 15 is 0 Å². The summed E-state index contributed by atoms with van der Waals surface area (Å²) >= 11 is 6.15. The van der Waals surface area contributed by atoms with Crippen LogP contribution in [0.4, 0.5) is 0 Å². The van der Waals surface area contributed by atoms with Crippen molar-refractivity contribution in [3.05, 3.63) is 101 Å². The first-order valence-electron chi connectivity index (χ1n) is 9.54. The Labute approximate surface area is 166 Å². The SMILES string of the molecule is Clc1cccc(OC2CN(CCc3ccccc3)CCc3ccccc32)c1. The maximum atomic E-state index is 6.40. The quantitative estimate of drug-likeness (QED) is 0.577. The number of hydrogen-bond donors (Lipinski definition) is 0. The normalized spacial score (nSPS) is 17.1. The topological polar surface area (TPSA) is 12.5 Å². The number of rotatable bonds is 5. The second kappa shape index (κ2) is 8.60. The summed E-state index contributed by atoms with van der Waals surface area (Å²) in [5.74, 6) is 0.826. The highest BCUT2D eigenvalue weighted by atomic mass is 35.5. The number of benzene rings is 3. The molecule has 1 atom stereocenters. The van der Waals surface area contributed by atoms with Gasteiger partial charge in [-0.05, 0) is 47.7 Å². The van der Waals surface area contributed by atoms with Crippen LogP contribution in [-0.4, -0.2) is 24.5 Å². The van der Waals surface area contributed by atoms with Crippen molar-refractivity contribution in [2.24, 2.45) is 0 Å². The third kappa shape index (κ3) is 4.71. The van der Waals surface area contributed by atoms with E-state index in [9.17, 15) is 0 Å². The van der Waals surface area contributed by atoms with Gasteiger partial charge in [0.15, 0.2) is 0 Å². The van der Waals surface area contributed by atoms with Crippen molar-refractivity contribution in [1.82, 2.24) is 4.90 Å². The van der Waals surface area contributed by atoms with Gasteiger partial charge in [-0.1, -0.05) is 72.3 Å². The van der Waals surface area contributed by atoms with E-state index < -0.39 is 0 Å². The van der Waals surface area contributed by atoms with Gasteiger partial charge in [-0.25, -0.2) is 0 Å². The zero-order valence-corrected chi connectivity index (χ0v) is 16.1. The van der Waals surface area contributed by atoms with Crippen LogP contribution in [0.3, 0.4) is 0 Å². The van der Waals surface area contributed by atoms with Gasteiger partial charge in [-0.2, -0.15) is 0 Å². The fourth-order valence-electron chi connectivity index (χ4n) is 3.72. The van der Waals surface area contributed by atoms with E-state index in [2.05, 4.69) is 59.5 Å². The Hall–Kier alpha value is -2.29. The second-order valence-electron chi connectivity index (χ2n) is 7.05. The fourth-order valence-corrected chi connectivity index (χ4v) is 3.90. The lowest BCUT2D eigenvalue weighted by molar-refractivity contribution is 0.141. The zero-order valence-electron chi connectivity index (χ0n) is 15.4. The van der Waals surface area contributed by atoms with Crippen LogP contribution in [-0.2, 0) is 12.8 Å². The molecular weight excluding hydrogens is 354 g/mol. The number of nitrogens with zero attached hydrogens (tertiary/aromatic N) is 1. The highest BCUT2D eigenvalue weighted by molar-refractivity contribution is 6.30. The van der Waals surface area contributed by atoms with Gasteiger partial charge in [0.2, 0.25) is 0 Å². The number of hydrogen-bond acceptors (Lipinski definition) is 2. The van der Waals surface area contributed by atoms with E-state index in [4.69, 9.17) is 16.3 Å². The molecular formula is C24H24ClNO. The van der Waals surface area contributed by atoms with Crippen molar-refractivity contribution in [1.29, 1.82) is 0 Å². The number of fused-ring (bicyclic) bond motifs is 1. The minimum Gasteiger partial charge on any atom is -0.484 e. The van der Waals surface area contributed by atoms with Crippen molar-refractivity contribution < 1.29 is 4.74 Å². The Morgan fingerprint density at radius 3 is 2.59 bits per heavy atom. The van der Waals surface area contributed by atoms with Gasteiger partial charge in [0.1, 0.15) is 11.9 Å². The molecule has 3 aromatic carbocycles. The van der Waals surface area contributed by atoms with E-state index in [1.807, 2.05) is 24.3 Å². The van der Waals surface area contributed by atoms with Gasteiger partial charge in [0, 0.05) is 24.7 Å². The van der Waals surface area contributed by atoms with E-state index in [0.29, 0.717) is 5.02 Å². The highest BCUT2D eigenvalue weighted by Crippen LogP contribution is 2.29. The Morgan fingerprint density at radius 1 is 0.926 bits per heavy atom. The third-order valence-corrected chi connectivity index (χ3v) is 5.39. The predicted octanol–water partition coefficient (Wildman–Crippen LogP) is 5.56. The van der Waals surface area contributed by atoms with Crippen molar-refractivity contribution in [2.45, 2.75) is 18.9 Å². The first-order chi connectivity index (χ1) is 13.3. The molecule has 0 saturated heterocycles. The maximum Gasteiger partial charge on any atom is 0.137 e. The van der Waals surface area contributed by atoms with Gasteiger partial charge in [0.25, 0.3) is 0 Å². The van der Waals surface area contributed by atoms with Crippen molar-refractivity contribution in [2.75, 3.05) is 19.6 Å². The molecule has 1 aliphatic heterocycles. The summed E-state index contributed by atoms with van der Waals surface area (Å²) in [6.07, 6.45) is 2.12. The van der Waals surface area contributed by atoms with Crippen LogP contribution in [0.2, 0.25) is 5.02 Å². The van der Waals surface area contributed by atoms with Gasteiger partial charge >= 0.3 is 0 Å². The van der Waals surface area contributed by atoms with Gasteiger partial charge < -0.3 is 4.74 Å². The molecule has 0 saturated carbocycles. The molecule has 0 aliphatic carbocycles. The lowest BCUT2D eigenvalue weighted by Crippen LogP contribution is -2.32. The highest BCUT2D eigenvalue weighted by Gasteiger charge is 2.24. The molecule has 2 nitrogen and oxygen atoms in total. The molecule has 0 fully saturated rings. The molecule has 27 heavy (non-hydrogen) atoms. The lowest BCUT2D eigenvalue weighted by Gasteiger charge is -2.26. The Balaban J connectivity index is 1.52.